The third-order valence-electron chi connectivity index (χ3n) is 3.18. The summed E-state index contributed by atoms with van der Waals surface area (Å²) < 4.78 is 10.7. The van der Waals surface area contributed by atoms with Crippen LogP contribution in [0.4, 0.5) is 0 Å². The normalized spacial score (nSPS) is 23.7. The Balaban J connectivity index is 1.96. The molecule has 18 heavy (non-hydrogen) atoms. The molecule has 1 saturated heterocycles. The molecule has 2 unspecified atom stereocenters. The van der Waals surface area contributed by atoms with Gasteiger partial charge < -0.3 is 14.9 Å². The molecule has 2 heterocycles. The summed E-state index contributed by atoms with van der Waals surface area (Å²) in [5.41, 5.74) is 6.48. The highest BCUT2D eigenvalue weighted by atomic mass is 35.5. The fourth-order valence-corrected chi connectivity index (χ4v) is 2.34. The largest absolute Gasteiger partial charge is 0.453 e. The summed E-state index contributed by atoms with van der Waals surface area (Å²) in [6.45, 7) is 0.778. The van der Waals surface area contributed by atoms with Crippen molar-refractivity contribution in [1.29, 1.82) is 0 Å². The highest BCUT2D eigenvalue weighted by molar-refractivity contribution is 6.31. The van der Waals surface area contributed by atoms with E-state index in [1.54, 1.807) is 24.3 Å². The highest BCUT2D eigenvalue weighted by Gasteiger charge is 2.33. The van der Waals surface area contributed by atoms with Crippen molar-refractivity contribution in [2.75, 3.05) is 13.2 Å². The van der Waals surface area contributed by atoms with Crippen LogP contribution in [0.15, 0.2) is 28.7 Å². The number of fused-ring (bicyclic) bond motifs is 1. The smallest absolute Gasteiger partial charge is 0.205 e. The molecular weight excluding hydrogens is 254 g/mol. The number of ketones is 1. The standard InChI is InChI=1S/C13H12ClNO3/c14-8-1-2-11-7(3-8)4-12(18-11)13(16)9-5-17-6-10(9)15/h1-4,9-10H,5-6,15H2. The lowest BCUT2D eigenvalue weighted by molar-refractivity contribution is 0.0870. The fourth-order valence-electron chi connectivity index (χ4n) is 2.16. The maximum Gasteiger partial charge on any atom is 0.205 e. The molecule has 2 N–H and O–H groups in total. The Morgan fingerprint density at radius 3 is 2.89 bits per heavy atom. The SMILES string of the molecule is NC1COCC1C(=O)c1cc2cc(Cl)ccc2o1. The van der Waals surface area contributed by atoms with E-state index in [0.717, 1.165) is 5.39 Å². The topological polar surface area (TPSA) is 65.5 Å². The average Bonchev–Trinajstić information content (AvgIpc) is 2.93. The van der Waals surface area contributed by atoms with Crippen LogP contribution < -0.4 is 5.73 Å². The Bertz CT molecular complexity index is 607. The molecule has 1 aliphatic heterocycles. The average molecular weight is 266 g/mol. The molecule has 5 heteroatoms. The van der Waals surface area contributed by atoms with Crippen molar-refractivity contribution in [3.63, 3.8) is 0 Å². The first kappa shape index (κ1) is 11.7. The Morgan fingerprint density at radius 2 is 2.17 bits per heavy atom. The van der Waals surface area contributed by atoms with Crippen LogP contribution in [0.5, 0.6) is 0 Å². The first-order valence-electron chi connectivity index (χ1n) is 5.72. The van der Waals surface area contributed by atoms with Crippen molar-refractivity contribution in [3.8, 4) is 0 Å². The van der Waals surface area contributed by atoms with Gasteiger partial charge in [0.2, 0.25) is 5.78 Å². The minimum atomic E-state index is -0.318. The predicted octanol–water partition coefficient (Wildman–Crippen LogP) is 2.24. The van der Waals surface area contributed by atoms with Gasteiger partial charge in [-0.2, -0.15) is 0 Å². The minimum absolute atomic E-state index is 0.104. The summed E-state index contributed by atoms with van der Waals surface area (Å²) >= 11 is 5.89. The maximum atomic E-state index is 12.2. The molecule has 2 atom stereocenters. The molecule has 0 spiro atoms. The van der Waals surface area contributed by atoms with E-state index in [-0.39, 0.29) is 17.7 Å². The number of hydrogen-bond acceptors (Lipinski definition) is 4. The number of carbonyl (C=O) groups excluding carboxylic acids is 1. The van der Waals surface area contributed by atoms with Crippen molar-refractivity contribution in [3.05, 3.63) is 35.0 Å². The maximum absolute atomic E-state index is 12.2. The lowest BCUT2D eigenvalue weighted by Crippen LogP contribution is -2.33. The number of carbonyl (C=O) groups is 1. The zero-order chi connectivity index (χ0) is 12.7. The number of benzene rings is 1. The van der Waals surface area contributed by atoms with Gasteiger partial charge in [0.05, 0.1) is 19.1 Å². The summed E-state index contributed by atoms with van der Waals surface area (Å²) in [5.74, 6) is -0.105. The van der Waals surface area contributed by atoms with Crippen LogP contribution in [0, 0.1) is 5.92 Å². The molecule has 0 bridgehead atoms. The van der Waals surface area contributed by atoms with Gasteiger partial charge in [-0.1, -0.05) is 11.6 Å². The number of ether oxygens (including phenoxy) is 1. The molecule has 1 aromatic carbocycles. The lowest BCUT2D eigenvalue weighted by atomic mass is 9.97. The summed E-state index contributed by atoms with van der Waals surface area (Å²) in [5, 5.41) is 1.43. The third kappa shape index (κ3) is 1.92. The van der Waals surface area contributed by atoms with Gasteiger partial charge in [0, 0.05) is 16.5 Å². The predicted molar refractivity (Wildman–Crippen MR) is 67.8 cm³/mol. The Morgan fingerprint density at radius 1 is 1.33 bits per heavy atom. The number of nitrogens with two attached hydrogens (primary N) is 1. The molecule has 0 amide bonds. The molecule has 4 nitrogen and oxygen atoms in total. The summed E-state index contributed by atoms with van der Waals surface area (Å²) in [6, 6.07) is 6.69. The van der Waals surface area contributed by atoms with E-state index in [0.29, 0.717) is 29.6 Å². The quantitative estimate of drug-likeness (QED) is 0.846. The summed E-state index contributed by atoms with van der Waals surface area (Å²) in [4.78, 5) is 12.2. The van der Waals surface area contributed by atoms with Gasteiger partial charge in [-0.25, -0.2) is 0 Å². The zero-order valence-corrected chi connectivity index (χ0v) is 10.3. The first-order valence-corrected chi connectivity index (χ1v) is 6.09. The number of rotatable bonds is 2. The van der Waals surface area contributed by atoms with Gasteiger partial charge in [0.1, 0.15) is 5.58 Å². The van der Waals surface area contributed by atoms with E-state index >= 15 is 0 Å². The van der Waals surface area contributed by atoms with Gasteiger partial charge >= 0.3 is 0 Å². The van der Waals surface area contributed by atoms with Crippen molar-refractivity contribution < 1.29 is 13.9 Å². The van der Waals surface area contributed by atoms with E-state index in [1.807, 2.05) is 0 Å². The lowest BCUT2D eigenvalue weighted by Gasteiger charge is -2.09. The Labute approximate surface area is 109 Å². The van der Waals surface area contributed by atoms with Gasteiger partial charge in [0.25, 0.3) is 0 Å². The number of hydrogen-bond donors (Lipinski definition) is 1. The van der Waals surface area contributed by atoms with Crippen molar-refractivity contribution in [2.24, 2.45) is 11.7 Å². The molecule has 1 fully saturated rings. The van der Waals surface area contributed by atoms with Gasteiger partial charge in [-0.05, 0) is 24.3 Å². The van der Waals surface area contributed by atoms with Crippen LogP contribution in [0.25, 0.3) is 11.0 Å². The van der Waals surface area contributed by atoms with E-state index < -0.39 is 0 Å². The van der Waals surface area contributed by atoms with Crippen LogP contribution in [0.1, 0.15) is 10.6 Å². The van der Waals surface area contributed by atoms with Crippen molar-refractivity contribution >= 4 is 28.4 Å². The van der Waals surface area contributed by atoms with Crippen LogP contribution in [-0.2, 0) is 4.74 Å². The third-order valence-corrected chi connectivity index (χ3v) is 3.42. The number of halogens is 1. The molecule has 3 rings (SSSR count). The Kier molecular flexibility index (Phi) is 2.86. The van der Waals surface area contributed by atoms with Crippen molar-refractivity contribution in [1.82, 2.24) is 0 Å². The fraction of sp³-hybridized carbons (Fsp3) is 0.308. The van der Waals surface area contributed by atoms with Crippen LogP contribution >= 0.6 is 11.6 Å². The molecule has 0 saturated carbocycles. The second-order valence-corrected chi connectivity index (χ2v) is 4.90. The monoisotopic (exact) mass is 265 g/mol. The molecule has 2 aromatic rings. The van der Waals surface area contributed by atoms with Gasteiger partial charge in [-0.15, -0.1) is 0 Å². The second-order valence-electron chi connectivity index (χ2n) is 4.46. The van der Waals surface area contributed by atoms with Crippen molar-refractivity contribution in [2.45, 2.75) is 6.04 Å². The second kappa shape index (κ2) is 4.39. The van der Waals surface area contributed by atoms with Gasteiger partial charge in [0.15, 0.2) is 5.76 Å². The molecular formula is C13H12ClNO3. The number of furan rings is 1. The van der Waals surface area contributed by atoms with E-state index in [1.165, 1.54) is 0 Å². The summed E-state index contributed by atoms with van der Waals surface area (Å²) in [6.07, 6.45) is 0. The van der Waals surface area contributed by atoms with E-state index in [4.69, 9.17) is 26.5 Å². The Hall–Kier alpha value is -1.36. The zero-order valence-electron chi connectivity index (χ0n) is 9.56. The number of Topliss-reactive ketones (excluding diaryl/α,β-unsaturated/α-hetero) is 1. The highest BCUT2D eigenvalue weighted by Crippen LogP contribution is 2.26. The van der Waals surface area contributed by atoms with Crippen LogP contribution in [-0.4, -0.2) is 25.0 Å². The molecule has 0 radical (unpaired) electrons. The van der Waals surface area contributed by atoms with Crippen LogP contribution in [0.2, 0.25) is 5.02 Å². The molecule has 0 aliphatic carbocycles. The van der Waals surface area contributed by atoms with Crippen LogP contribution in [0.3, 0.4) is 0 Å². The molecule has 94 valence electrons. The first-order chi connectivity index (χ1) is 8.65. The summed E-state index contributed by atoms with van der Waals surface area (Å²) in [7, 11) is 0. The molecule has 1 aliphatic rings. The van der Waals surface area contributed by atoms with E-state index in [9.17, 15) is 4.79 Å². The minimum Gasteiger partial charge on any atom is -0.453 e. The van der Waals surface area contributed by atoms with E-state index in [2.05, 4.69) is 0 Å². The van der Waals surface area contributed by atoms with Gasteiger partial charge in [-0.3, -0.25) is 4.79 Å². The molecule has 1 aromatic heterocycles.